The largest absolute Gasteiger partial charge is 0.444 e. The Morgan fingerprint density at radius 3 is 2.00 bits per heavy atom. The number of benzene rings is 1. The Hall–Kier alpha value is -2.57. The molecular weight excluding hydrogens is 406 g/mol. The fourth-order valence-corrected chi connectivity index (χ4v) is 3.73. The lowest BCUT2D eigenvalue weighted by Crippen LogP contribution is -2.54. The van der Waals surface area contributed by atoms with Gasteiger partial charge in [0, 0.05) is 11.6 Å². The maximum Gasteiger partial charge on any atom is 0.408 e. The molecule has 0 heterocycles. The lowest BCUT2D eigenvalue weighted by molar-refractivity contribution is -0.143. The van der Waals surface area contributed by atoms with Gasteiger partial charge in [-0.3, -0.25) is 9.59 Å². The summed E-state index contributed by atoms with van der Waals surface area (Å²) in [7, 11) is 0. The molecule has 2 unspecified atom stereocenters. The number of hydrogen-bond donors (Lipinski definition) is 2. The summed E-state index contributed by atoms with van der Waals surface area (Å²) in [5.41, 5.74) is 1.61. The van der Waals surface area contributed by atoms with Gasteiger partial charge >= 0.3 is 6.09 Å². The van der Waals surface area contributed by atoms with Gasteiger partial charge in [0.1, 0.15) is 17.7 Å². The lowest BCUT2D eigenvalue weighted by Gasteiger charge is -2.36. The van der Waals surface area contributed by atoms with Gasteiger partial charge in [-0.1, -0.05) is 18.2 Å². The summed E-state index contributed by atoms with van der Waals surface area (Å²) in [5.74, 6) is -0.519. The summed E-state index contributed by atoms with van der Waals surface area (Å²) in [6, 6.07) is 4.20. The Labute approximate surface area is 192 Å². The van der Waals surface area contributed by atoms with Crippen molar-refractivity contribution in [1.29, 1.82) is 0 Å². The second-order valence-electron chi connectivity index (χ2n) is 10.8. The molecule has 1 fully saturated rings. The molecule has 0 saturated heterocycles. The second kappa shape index (κ2) is 9.51. The first kappa shape index (κ1) is 25.7. The average molecular weight is 446 g/mol. The normalized spacial score (nSPS) is 16.0. The van der Waals surface area contributed by atoms with Crippen molar-refractivity contribution in [2.45, 2.75) is 104 Å². The first-order valence-electron chi connectivity index (χ1n) is 11.3. The lowest BCUT2D eigenvalue weighted by atomic mass is 9.93. The molecule has 0 spiro atoms. The van der Waals surface area contributed by atoms with Gasteiger partial charge in [0.2, 0.25) is 11.8 Å². The predicted octanol–water partition coefficient (Wildman–Crippen LogP) is 4.16. The highest BCUT2D eigenvalue weighted by Crippen LogP contribution is 2.37. The minimum absolute atomic E-state index is 0.0416. The molecule has 1 aromatic rings. The molecule has 0 aliphatic heterocycles. The van der Waals surface area contributed by atoms with Gasteiger partial charge in [0.05, 0.1) is 0 Å². The van der Waals surface area contributed by atoms with Crippen LogP contribution >= 0.6 is 0 Å². The second-order valence-corrected chi connectivity index (χ2v) is 10.8. The number of carbonyl (C=O) groups is 3. The third-order valence-electron chi connectivity index (χ3n) is 5.14. The van der Waals surface area contributed by atoms with Crippen LogP contribution in [0.3, 0.4) is 0 Å². The Morgan fingerprint density at radius 1 is 1.03 bits per heavy atom. The molecule has 1 aromatic carbocycles. The van der Waals surface area contributed by atoms with Gasteiger partial charge in [0.25, 0.3) is 0 Å². The molecule has 7 heteroatoms. The standard InChI is InChI=1S/C25H39N3O4/c1-15-11-10-12-16(2)19(15)20(21(29)27-24(4,5)6)28(18-13-14-18)22(30)17(3)26-23(31)32-25(7,8)9/h10-12,17-18,20H,13-14H2,1-9H3,(H,26,31)(H,27,29). The van der Waals surface area contributed by atoms with E-state index in [1.807, 2.05) is 52.8 Å². The number of carbonyl (C=O) groups excluding carboxylic acids is 3. The molecule has 2 rings (SSSR count). The van der Waals surface area contributed by atoms with E-state index in [-0.39, 0.29) is 17.9 Å². The van der Waals surface area contributed by atoms with E-state index in [9.17, 15) is 14.4 Å². The zero-order valence-electron chi connectivity index (χ0n) is 21.0. The van der Waals surface area contributed by atoms with Crippen molar-refractivity contribution >= 4 is 17.9 Å². The highest BCUT2D eigenvalue weighted by atomic mass is 16.6. The van der Waals surface area contributed by atoms with Crippen LogP contribution in [-0.2, 0) is 14.3 Å². The van der Waals surface area contributed by atoms with Crippen LogP contribution in [-0.4, -0.2) is 46.0 Å². The van der Waals surface area contributed by atoms with Crippen molar-refractivity contribution in [3.63, 3.8) is 0 Å². The summed E-state index contributed by atoms with van der Waals surface area (Å²) in [6.07, 6.45) is 1.00. The molecule has 1 saturated carbocycles. The number of aryl methyl sites for hydroxylation is 2. The number of rotatable bonds is 6. The van der Waals surface area contributed by atoms with Crippen LogP contribution in [0, 0.1) is 13.8 Å². The highest BCUT2D eigenvalue weighted by molar-refractivity contribution is 5.93. The van der Waals surface area contributed by atoms with E-state index in [0.29, 0.717) is 0 Å². The smallest absolute Gasteiger partial charge is 0.408 e. The van der Waals surface area contributed by atoms with Crippen molar-refractivity contribution in [3.05, 3.63) is 34.9 Å². The molecule has 0 aromatic heterocycles. The summed E-state index contributed by atoms with van der Waals surface area (Å²) in [6.45, 7) is 16.6. The van der Waals surface area contributed by atoms with Gasteiger partial charge in [-0.2, -0.15) is 0 Å². The summed E-state index contributed by atoms with van der Waals surface area (Å²) < 4.78 is 5.31. The van der Waals surface area contributed by atoms with Crippen molar-refractivity contribution < 1.29 is 19.1 Å². The van der Waals surface area contributed by atoms with Gasteiger partial charge in [-0.25, -0.2) is 4.79 Å². The number of nitrogens with zero attached hydrogens (tertiary/aromatic N) is 1. The number of amides is 3. The van der Waals surface area contributed by atoms with Crippen LogP contribution in [0.25, 0.3) is 0 Å². The van der Waals surface area contributed by atoms with E-state index in [1.54, 1.807) is 32.6 Å². The quantitative estimate of drug-likeness (QED) is 0.688. The molecular formula is C25H39N3O4. The van der Waals surface area contributed by atoms with Crippen LogP contribution in [0.4, 0.5) is 4.79 Å². The Bertz CT molecular complexity index is 843. The molecule has 1 aliphatic rings. The van der Waals surface area contributed by atoms with E-state index >= 15 is 0 Å². The SMILES string of the molecule is Cc1cccc(C)c1C(C(=O)NC(C)(C)C)N(C(=O)C(C)NC(=O)OC(C)(C)C)C1CC1. The number of alkyl carbamates (subject to hydrolysis) is 1. The van der Waals surface area contributed by atoms with Crippen molar-refractivity contribution in [1.82, 2.24) is 15.5 Å². The number of nitrogens with one attached hydrogen (secondary N) is 2. The maximum absolute atomic E-state index is 13.6. The predicted molar refractivity (Wildman–Crippen MR) is 125 cm³/mol. The van der Waals surface area contributed by atoms with Crippen molar-refractivity contribution in [2.24, 2.45) is 0 Å². The minimum Gasteiger partial charge on any atom is -0.444 e. The molecule has 7 nitrogen and oxygen atoms in total. The fraction of sp³-hybridized carbons (Fsp3) is 0.640. The zero-order valence-corrected chi connectivity index (χ0v) is 21.0. The van der Waals surface area contributed by atoms with E-state index < -0.39 is 29.3 Å². The Balaban J connectivity index is 2.43. The van der Waals surface area contributed by atoms with E-state index in [2.05, 4.69) is 10.6 Å². The van der Waals surface area contributed by atoms with Crippen LogP contribution in [0.15, 0.2) is 18.2 Å². The Kier molecular flexibility index (Phi) is 7.63. The highest BCUT2D eigenvalue weighted by Gasteiger charge is 2.44. The van der Waals surface area contributed by atoms with Crippen molar-refractivity contribution in [2.75, 3.05) is 0 Å². The van der Waals surface area contributed by atoms with Crippen LogP contribution < -0.4 is 10.6 Å². The molecule has 3 amide bonds. The van der Waals surface area contributed by atoms with Gasteiger partial charge in [0.15, 0.2) is 0 Å². The van der Waals surface area contributed by atoms with Crippen molar-refractivity contribution in [3.8, 4) is 0 Å². The zero-order chi connectivity index (χ0) is 24.4. The first-order valence-corrected chi connectivity index (χ1v) is 11.3. The summed E-state index contributed by atoms with van der Waals surface area (Å²) >= 11 is 0. The Morgan fingerprint density at radius 2 is 1.56 bits per heavy atom. The minimum atomic E-state index is -0.834. The third kappa shape index (κ3) is 6.97. The van der Waals surface area contributed by atoms with Gasteiger partial charge in [-0.05, 0) is 91.8 Å². The van der Waals surface area contributed by atoms with Gasteiger partial charge < -0.3 is 20.3 Å². The van der Waals surface area contributed by atoms with E-state index in [4.69, 9.17) is 4.74 Å². The van der Waals surface area contributed by atoms with Crippen LogP contribution in [0.2, 0.25) is 0 Å². The topological polar surface area (TPSA) is 87.7 Å². The fourth-order valence-electron chi connectivity index (χ4n) is 3.73. The van der Waals surface area contributed by atoms with Gasteiger partial charge in [-0.15, -0.1) is 0 Å². The van der Waals surface area contributed by atoms with E-state index in [0.717, 1.165) is 29.5 Å². The average Bonchev–Trinajstić information content (AvgIpc) is 3.41. The summed E-state index contributed by atoms with van der Waals surface area (Å²) in [4.78, 5) is 41.1. The third-order valence-corrected chi connectivity index (χ3v) is 5.14. The van der Waals surface area contributed by atoms with Crippen LogP contribution in [0.1, 0.15) is 84.0 Å². The molecule has 0 bridgehead atoms. The molecule has 2 atom stereocenters. The molecule has 2 N–H and O–H groups in total. The van der Waals surface area contributed by atoms with Crippen LogP contribution in [0.5, 0.6) is 0 Å². The summed E-state index contributed by atoms with van der Waals surface area (Å²) in [5, 5.41) is 5.69. The first-order chi connectivity index (χ1) is 14.6. The number of hydrogen-bond acceptors (Lipinski definition) is 4. The molecule has 32 heavy (non-hydrogen) atoms. The molecule has 0 radical (unpaired) electrons. The maximum atomic E-state index is 13.6. The molecule has 178 valence electrons. The van der Waals surface area contributed by atoms with E-state index in [1.165, 1.54) is 0 Å². The molecule has 1 aliphatic carbocycles. The number of ether oxygens (including phenoxy) is 1. The monoisotopic (exact) mass is 445 g/mol.